The molecule has 0 fully saturated rings. The molecule has 0 rings (SSSR count). The normalized spacial score (nSPS) is 14.1. The lowest BCUT2D eigenvalue weighted by Gasteiger charge is -2.22. The fourth-order valence-corrected chi connectivity index (χ4v) is 2.15. The molecule has 0 aliphatic heterocycles. The van der Waals surface area contributed by atoms with Crippen LogP contribution in [0.2, 0.25) is 0 Å². The van der Waals surface area contributed by atoms with Crippen LogP contribution in [0.3, 0.4) is 0 Å². The Morgan fingerprint density at radius 3 is 1.60 bits per heavy atom. The summed E-state index contributed by atoms with van der Waals surface area (Å²) < 4.78 is 0. The average Bonchev–Trinajstić information content (AvgIpc) is 2.53. The maximum absolute atomic E-state index is 11.8. The van der Waals surface area contributed by atoms with Crippen LogP contribution in [-0.2, 0) is 14.4 Å². The third-order valence-electron chi connectivity index (χ3n) is 3.52. The molecule has 0 aromatic carbocycles. The van der Waals surface area contributed by atoms with E-state index in [0.717, 1.165) is 19.5 Å². The van der Waals surface area contributed by atoms with Gasteiger partial charge in [-0.05, 0) is 38.6 Å². The number of amides is 1. The number of carboxylic acid groups (broad SMARTS) is 2. The Hall–Kier alpha value is -1.71. The van der Waals surface area contributed by atoms with Gasteiger partial charge in [-0.2, -0.15) is 0 Å². The monoisotopic (exact) mass is 364 g/mol. The number of hydrogen-bond acceptors (Lipinski definition) is 6. The fourth-order valence-electron chi connectivity index (χ4n) is 2.15. The molecule has 0 spiro atoms. The van der Waals surface area contributed by atoms with Crippen LogP contribution in [0, 0.1) is 11.8 Å². The summed E-state index contributed by atoms with van der Waals surface area (Å²) in [6.45, 7) is 10.6. The number of rotatable bonds is 10. The first-order chi connectivity index (χ1) is 11.5. The van der Waals surface area contributed by atoms with Crippen LogP contribution in [0.25, 0.3) is 0 Å². The van der Waals surface area contributed by atoms with Gasteiger partial charge < -0.3 is 31.1 Å². The van der Waals surface area contributed by atoms with Gasteiger partial charge in [-0.1, -0.05) is 13.8 Å². The van der Waals surface area contributed by atoms with E-state index in [-0.39, 0.29) is 5.91 Å². The summed E-state index contributed by atoms with van der Waals surface area (Å²) in [6.07, 6.45) is -2.88. The number of aliphatic hydroxyl groups is 2. The molecule has 0 saturated heterocycles. The molecule has 0 unspecified atom stereocenters. The second kappa shape index (κ2) is 13.6. The van der Waals surface area contributed by atoms with Crippen molar-refractivity contribution in [3.05, 3.63) is 0 Å². The molecule has 9 nitrogen and oxygen atoms in total. The summed E-state index contributed by atoms with van der Waals surface area (Å²) in [5.41, 5.74) is 5.68. The van der Waals surface area contributed by atoms with Crippen LogP contribution in [0.15, 0.2) is 0 Å². The minimum Gasteiger partial charge on any atom is -0.479 e. The van der Waals surface area contributed by atoms with Gasteiger partial charge in [-0.15, -0.1) is 0 Å². The third-order valence-corrected chi connectivity index (χ3v) is 3.52. The first-order valence-electron chi connectivity index (χ1n) is 8.31. The Morgan fingerprint density at radius 2 is 1.36 bits per heavy atom. The van der Waals surface area contributed by atoms with Crippen LogP contribution >= 0.6 is 0 Å². The van der Waals surface area contributed by atoms with Crippen LogP contribution in [0.1, 0.15) is 40.5 Å². The summed E-state index contributed by atoms with van der Waals surface area (Å²) in [5, 5.41) is 32.5. The summed E-state index contributed by atoms with van der Waals surface area (Å²) in [5.74, 6) is -2.33. The number of nitrogens with zero attached hydrogens (tertiary/aromatic N) is 1. The highest BCUT2D eigenvalue weighted by atomic mass is 16.4. The molecule has 0 aromatic heterocycles. The quantitative estimate of drug-likeness (QED) is 0.354. The number of aliphatic hydroxyl groups excluding tert-OH is 2. The highest BCUT2D eigenvalue weighted by molar-refractivity contribution is 5.83. The number of carbonyl (C=O) groups excluding carboxylic acids is 1. The highest BCUT2D eigenvalue weighted by Gasteiger charge is 2.29. The molecular weight excluding hydrogens is 332 g/mol. The van der Waals surface area contributed by atoms with Crippen molar-refractivity contribution in [1.29, 1.82) is 0 Å². The van der Waals surface area contributed by atoms with E-state index in [9.17, 15) is 14.4 Å². The maximum atomic E-state index is 11.8. The molecule has 0 aliphatic rings. The number of aliphatic carboxylic acids is 2. The number of carbonyl (C=O) groups is 3. The molecule has 3 atom stereocenters. The second-order valence-corrected chi connectivity index (χ2v) is 6.07. The molecule has 0 bridgehead atoms. The number of nitrogens with two attached hydrogens (primary N) is 1. The maximum Gasteiger partial charge on any atom is 0.335 e. The van der Waals surface area contributed by atoms with E-state index in [1.165, 1.54) is 0 Å². The fraction of sp³-hybridized carbons (Fsp3) is 0.812. The van der Waals surface area contributed by atoms with Crippen molar-refractivity contribution in [2.24, 2.45) is 17.6 Å². The predicted octanol–water partition coefficient (Wildman–Crippen LogP) is -0.257. The van der Waals surface area contributed by atoms with Crippen LogP contribution < -0.4 is 5.73 Å². The van der Waals surface area contributed by atoms with Crippen LogP contribution in [0.5, 0.6) is 0 Å². The average molecular weight is 364 g/mol. The molecule has 0 radical (unpaired) electrons. The van der Waals surface area contributed by atoms with Gasteiger partial charge in [-0.3, -0.25) is 4.79 Å². The van der Waals surface area contributed by atoms with E-state index < -0.39 is 24.1 Å². The van der Waals surface area contributed by atoms with Gasteiger partial charge in [0.15, 0.2) is 12.2 Å². The molecule has 0 saturated carbocycles. The van der Waals surface area contributed by atoms with Crippen LogP contribution in [0.4, 0.5) is 0 Å². The molecule has 0 aromatic rings. The Balaban J connectivity index is 0. The van der Waals surface area contributed by atoms with Gasteiger partial charge >= 0.3 is 11.9 Å². The molecule has 148 valence electrons. The molecule has 6 N–H and O–H groups in total. The number of hydrogen-bond donors (Lipinski definition) is 5. The van der Waals surface area contributed by atoms with Gasteiger partial charge in [0.1, 0.15) is 0 Å². The van der Waals surface area contributed by atoms with Gasteiger partial charge in [0.2, 0.25) is 5.91 Å². The zero-order chi connectivity index (χ0) is 20.2. The minimum absolute atomic E-state index is 0.246. The van der Waals surface area contributed by atoms with Crippen molar-refractivity contribution in [1.82, 2.24) is 4.90 Å². The van der Waals surface area contributed by atoms with Crippen molar-refractivity contribution in [3.8, 4) is 0 Å². The first kappa shape index (κ1) is 25.5. The van der Waals surface area contributed by atoms with E-state index in [0.29, 0.717) is 24.8 Å². The van der Waals surface area contributed by atoms with Crippen molar-refractivity contribution in [2.75, 3.05) is 19.6 Å². The molecular formula is C16H32N2O7. The van der Waals surface area contributed by atoms with Gasteiger partial charge in [0, 0.05) is 19.5 Å². The molecule has 9 heteroatoms. The highest BCUT2D eigenvalue weighted by Crippen LogP contribution is 2.15. The summed E-state index contributed by atoms with van der Waals surface area (Å²) in [6, 6.07) is 0. The lowest BCUT2D eigenvalue weighted by atomic mass is 9.94. The van der Waals surface area contributed by atoms with Gasteiger partial charge in [0.25, 0.3) is 0 Å². The van der Waals surface area contributed by atoms with E-state index in [4.69, 9.17) is 26.2 Å². The molecule has 0 heterocycles. The zero-order valence-corrected chi connectivity index (χ0v) is 15.4. The van der Waals surface area contributed by atoms with E-state index in [1.807, 2.05) is 18.7 Å². The number of carboxylic acids is 2. The first-order valence-corrected chi connectivity index (χ1v) is 8.31. The lowest BCUT2D eigenvalue weighted by Crippen LogP contribution is -2.39. The Bertz CT molecular complexity index is 393. The van der Waals surface area contributed by atoms with Crippen molar-refractivity contribution in [2.45, 2.75) is 52.7 Å². The second-order valence-electron chi connectivity index (χ2n) is 6.07. The van der Waals surface area contributed by atoms with Crippen LogP contribution in [-0.4, -0.2) is 75.0 Å². The summed E-state index contributed by atoms with van der Waals surface area (Å²) in [4.78, 5) is 33.2. The Labute approximate surface area is 148 Å². The van der Waals surface area contributed by atoms with E-state index in [1.54, 1.807) is 0 Å². The predicted molar refractivity (Wildman–Crippen MR) is 91.8 cm³/mol. The SMILES string of the molecule is CCN(CC)C(=O)C[C@@H](CN)CC(C)C.O=C(O)[C@H](O)[C@@H](O)C(=O)O. The van der Waals surface area contributed by atoms with Crippen molar-refractivity contribution < 1.29 is 34.8 Å². The molecule has 25 heavy (non-hydrogen) atoms. The van der Waals surface area contributed by atoms with E-state index in [2.05, 4.69) is 13.8 Å². The van der Waals surface area contributed by atoms with Crippen molar-refractivity contribution >= 4 is 17.8 Å². The topological polar surface area (TPSA) is 161 Å². The Morgan fingerprint density at radius 1 is 0.960 bits per heavy atom. The standard InChI is InChI=1S/C12H26N2O.C4H6O6/c1-5-14(6-2)12(15)8-11(9-13)7-10(3)4;5-1(3(7)8)2(6)4(9)10/h10-11H,5-9,13H2,1-4H3;1-2,5-6H,(H,7,8)(H,9,10)/t11-;1-,2-/m01/s1. The largest absolute Gasteiger partial charge is 0.479 e. The third kappa shape index (κ3) is 11.5. The summed E-state index contributed by atoms with van der Waals surface area (Å²) >= 11 is 0. The molecule has 0 aliphatic carbocycles. The lowest BCUT2D eigenvalue weighted by molar-refractivity contribution is -0.165. The van der Waals surface area contributed by atoms with Gasteiger partial charge in [-0.25, -0.2) is 9.59 Å². The zero-order valence-electron chi connectivity index (χ0n) is 15.4. The summed E-state index contributed by atoms with van der Waals surface area (Å²) in [7, 11) is 0. The van der Waals surface area contributed by atoms with E-state index >= 15 is 0 Å². The van der Waals surface area contributed by atoms with Gasteiger partial charge in [0.05, 0.1) is 0 Å². The van der Waals surface area contributed by atoms with Crippen molar-refractivity contribution in [3.63, 3.8) is 0 Å². The minimum atomic E-state index is -2.27. The molecule has 1 amide bonds. The Kier molecular flexibility index (Phi) is 13.9. The smallest absolute Gasteiger partial charge is 0.335 e.